The van der Waals surface area contributed by atoms with Crippen LogP contribution in [0.5, 0.6) is 0 Å². The standard InChI is InChI=1S/C21H25N3O2/c22-21(26)23-20(25)19(18-9-5-2-6-10-18)24-13-11-17(12-14-24)15-16-7-3-1-4-8-16/h1-10,17,19H,11-15H2,(H3,22,23,25,26)/p+1/t19-/m1/s1. The number of carbonyl (C=O) groups excluding carboxylic acids is 2. The monoisotopic (exact) mass is 352 g/mol. The molecule has 0 unspecified atom stereocenters. The molecule has 1 saturated heterocycles. The number of hydrogen-bond donors (Lipinski definition) is 3. The molecule has 0 aliphatic carbocycles. The van der Waals surface area contributed by atoms with Gasteiger partial charge in [0.1, 0.15) is 0 Å². The largest absolute Gasteiger partial charge is 0.351 e. The van der Waals surface area contributed by atoms with Crippen molar-refractivity contribution < 1.29 is 14.5 Å². The quantitative estimate of drug-likeness (QED) is 0.762. The lowest BCUT2D eigenvalue weighted by Crippen LogP contribution is -3.14. The number of nitrogens with one attached hydrogen (secondary N) is 2. The summed E-state index contributed by atoms with van der Waals surface area (Å²) in [6.45, 7) is 1.81. The van der Waals surface area contributed by atoms with E-state index in [9.17, 15) is 9.59 Å². The molecule has 1 fully saturated rings. The van der Waals surface area contributed by atoms with E-state index < -0.39 is 12.1 Å². The topological polar surface area (TPSA) is 76.6 Å². The van der Waals surface area contributed by atoms with Gasteiger partial charge in [0, 0.05) is 5.56 Å². The molecular weight excluding hydrogens is 326 g/mol. The van der Waals surface area contributed by atoms with Crippen LogP contribution in [0.1, 0.15) is 30.0 Å². The van der Waals surface area contributed by atoms with E-state index in [0.29, 0.717) is 5.92 Å². The zero-order valence-electron chi connectivity index (χ0n) is 14.9. The Hall–Kier alpha value is -2.66. The minimum atomic E-state index is -0.797. The van der Waals surface area contributed by atoms with Crippen LogP contribution < -0.4 is 16.0 Å². The van der Waals surface area contributed by atoms with Crippen LogP contribution in [-0.2, 0) is 11.2 Å². The zero-order chi connectivity index (χ0) is 18.4. The molecule has 0 radical (unpaired) electrons. The molecule has 1 heterocycles. The summed E-state index contributed by atoms with van der Waals surface area (Å²) in [6.07, 6.45) is 3.21. The van der Waals surface area contributed by atoms with Crippen molar-refractivity contribution in [2.24, 2.45) is 11.7 Å². The molecule has 4 N–H and O–H groups in total. The molecule has 1 aliphatic rings. The highest BCUT2D eigenvalue weighted by Gasteiger charge is 2.35. The summed E-state index contributed by atoms with van der Waals surface area (Å²) in [5.41, 5.74) is 7.45. The third kappa shape index (κ3) is 4.70. The van der Waals surface area contributed by atoms with Crippen molar-refractivity contribution >= 4 is 11.9 Å². The number of carbonyl (C=O) groups is 2. The van der Waals surface area contributed by atoms with Crippen molar-refractivity contribution in [3.05, 3.63) is 71.8 Å². The highest BCUT2D eigenvalue weighted by atomic mass is 16.2. The van der Waals surface area contributed by atoms with Crippen LogP contribution in [0.3, 0.4) is 0 Å². The van der Waals surface area contributed by atoms with Crippen LogP contribution in [0, 0.1) is 5.92 Å². The zero-order valence-corrected chi connectivity index (χ0v) is 14.9. The molecule has 0 aromatic heterocycles. The van der Waals surface area contributed by atoms with Crippen molar-refractivity contribution in [1.82, 2.24) is 5.32 Å². The summed E-state index contributed by atoms with van der Waals surface area (Å²) >= 11 is 0. The molecule has 26 heavy (non-hydrogen) atoms. The van der Waals surface area contributed by atoms with Crippen LogP contribution in [0.2, 0.25) is 0 Å². The molecule has 136 valence electrons. The molecule has 0 saturated carbocycles. The Morgan fingerprint density at radius 3 is 2.15 bits per heavy atom. The van der Waals surface area contributed by atoms with E-state index in [4.69, 9.17) is 5.73 Å². The first-order chi connectivity index (χ1) is 12.6. The smallest absolute Gasteiger partial charge is 0.319 e. The van der Waals surface area contributed by atoms with Crippen LogP contribution in [0.15, 0.2) is 60.7 Å². The van der Waals surface area contributed by atoms with Gasteiger partial charge < -0.3 is 10.6 Å². The molecule has 2 aromatic rings. The number of nitrogens with two attached hydrogens (primary N) is 1. The summed E-state index contributed by atoms with van der Waals surface area (Å²) < 4.78 is 0. The van der Waals surface area contributed by atoms with Gasteiger partial charge in [-0.2, -0.15) is 0 Å². The lowest BCUT2D eigenvalue weighted by atomic mass is 9.89. The van der Waals surface area contributed by atoms with Gasteiger partial charge in [0.2, 0.25) is 0 Å². The van der Waals surface area contributed by atoms with Gasteiger partial charge in [-0.15, -0.1) is 0 Å². The average molecular weight is 352 g/mol. The lowest BCUT2D eigenvalue weighted by molar-refractivity contribution is -0.927. The van der Waals surface area contributed by atoms with Gasteiger partial charge in [0.05, 0.1) is 13.1 Å². The summed E-state index contributed by atoms with van der Waals surface area (Å²) in [4.78, 5) is 25.0. The number of amides is 3. The third-order valence-electron chi connectivity index (χ3n) is 5.16. The summed E-state index contributed by atoms with van der Waals surface area (Å²) in [6, 6.07) is 19.0. The van der Waals surface area contributed by atoms with Gasteiger partial charge in [-0.1, -0.05) is 60.7 Å². The van der Waals surface area contributed by atoms with Gasteiger partial charge in [-0.3, -0.25) is 10.1 Å². The van der Waals surface area contributed by atoms with Gasteiger partial charge in [0.25, 0.3) is 5.91 Å². The fourth-order valence-corrected chi connectivity index (χ4v) is 3.90. The normalized spacial score (nSPS) is 20.9. The predicted octanol–water partition coefficient (Wildman–Crippen LogP) is 1.46. The first kappa shape index (κ1) is 18.1. The average Bonchev–Trinajstić information content (AvgIpc) is 2.64. The number of imide groups is 1. The van der Waals surface area contributed by atoms with Crippen LogP contribution >= 0.6 is 0 Å². The number of rotatable bonds is 5. The van der Waals surface area contributed by atoms with Crippen molar-refractivity contribution in [1.29, 1.82) is 0 Å². The fraction of sp³-hybridized carbons (Fsp3) is 0.333. The van der Waals surface area contributed by atoms with Gasteiger partial charge in [-0.05, 0) is 30.7 Å². The highest BCUT2D eigenvalue weighted by Crippen LogP contribution is 2.18. The number of piperidine rings is 1. The number of primary amides is 1. The molecule has 3 amide bonds. The molecule has 1 aliphatic heterocycles. The third-order valence-corrected chi connectivity index (χ3v) is 5.16. The van der Waals surface area contributed by atoms with E-state index in [-0.39, 0.29) is 5.91 Å². The second-order valence-corrected chi connectivity index (χ2v) is 6.99. The lowest BCUT2D eigenvalue weighted by Gasteiger charge is -2.34. The Kier molecular flexibility index (Phi) is 6.02. The predicted molar refractivity (Wildman–Crippen MR) is 100 cm³/mol. The van der Waals surface area contributed by atoms with E-state index >= 15 is 0 Å². The van der Waals surface area contributed by atoms with E-state index in [1.54, 1.807) is 0 Å². The second-order valence-electron chi connectivity index (χ2n) is 6.99. The first-order valence-electron chi connectivity index (χ1n) is 9.17. The summed E-state index contributed by atoms with van der Waals surface area (Å²) in [5, 5.41) is 2.27. The van der Waals surface area contributed by atoms with Crippen molar-refractivity contribution in [3.8, 4) is 0 Å². The maximum Gasteiger partial charge on any atom is 0.319 e. The van der Waals surface area contributed by atoms with Crippen LogP contribution in [0.4, 0.5) is 4.79 Å². The summed E-state index contributed by atoms with van der Waals surface area (Å²) in [7, 11) is 0. The molecular formula is C21H26N3O2+. The molecule has 5 heteroatoms. The van der Waals surface area contributed by atoms with Gasteiger partial charge in [0.15, 0.2) is 6.04 Å². The van der Waals surface area contributed by atoms with E-state index in [2.05, 4.69) is 29.6 Å². The Morgan fingerprint density at radius 2 is 1.58 bits per heavy atom. The van der Waals surface area contributed by atoms with Crippen molar-refractivity contribution in [2.45, 2.75) is 25.3 Å². The summed E-state index contributed by atoms with van der Waals surface area (Å²) in [5.74, 6) is 0.317. The van der Waals surface area contributed by atoms with Crippen LogP contribution in [-0.4, -0.2) is 25.0 Å². The van der Waals surface area contributed by atoms with Gasteiger partial charge >= 0.3 is 6.03 Å². The molecule has 0 bridgehead atoms. The highest BCUT2D eigenvalue weighted by molar-refractivity contribution is 5.96. The molecule has 5 nitrogen and oxygen atoms in total. The Labute approximate surface area is 154 Å². The SMILES string of the molecule is NC(=O)NC(=O)[C@@H](c1ccccc1)[NH+]1CCC(Cc2ccccc2)CC1. The van der Waals surface area contributed by atoms with Crippen LogP contribution in [0.25, 0.3) is 0 Å². The maximum atomic E-state index is 12.6. The van der Waals surface area contributed by atoms with Crippen molar-refractivity contribution in [2.75, 3.05) is 13.1 Å². The van der Waals surface area contributed by atoms with Gasteiger partial charge in [-0.25, -0.2) is 4.79 Å². The maximum absolute atomic E-state index is 12.6. The molecule has 0 spiro atoms. The second kappa shape index (κ2) is 8.63. The Bertz CT molecular complexity index is 725. The fourth-order valence-electron chi connectivity index (χ4n) is 3.90. The number of quaternary nitrogens is 1. The Balaban J connectivity index is 1.67. The molecule has 2 aromatic carbocycles. The molecule has 3 rings (SSSR count). The van der Waals surface area contributed by atoms with Crippen molar-refractivity contribution in [3.63, 3.8) is 0 Å². The minimum Gasteiger partial charge on any atom is -0.351 e. The Morgan fingerprint density at radius 1 is 1.00 bits per heavy atom. The first-order valence-corrected chi connectivity index (χ1v) is 9.17. The number of likely N-dealkylation sites (tertiary alicyclic amines) is 1. The number of benzene rings is 2. The molecule has 1 atom stereocenters. The minimum absolute atomic E-state index is 0.319. The van der Waals surface area contributed by atoms with E-state index in [1.165, 1.54) is 10.5 Å². The number of urea groups is 1. The van der Waals surface area contributed by atoms with E-state index in [0.717, 1.165) is 37.9 Å². The number of hydrogen-bond acceptors (Lipinski definition) is 2. The van der Waals surface area contributed by atoms with E-state index in [1.807, 2.05) is 36.4 Å².